The number of amides is 1. The minimum absolute atomic E-state index is 0.308. The Kier molecular flexibility index (Phi) is 3.84. The fourth-order valence-corrected chi connectivity index (χ4v) is 5.56. The number of nitrogens with zero attached hydrogens (tertiary/aromatic N) is 4. The van der Waals surface area contributed by atoms with E-state index in [-0.39, 0.29) is 0 Å². The number of benzene rings is 1. The van der Waals surface area contributed by atoms with Crippen LogP contribution in [0.3, 0.4) is 0 Å². The van der Waals surface area contributed by atoms with E-state index in [4.69, 9.17) is 5.73 Å². The molecule has 2 aromatic heterocycles. The number of hydrogen-bond acceptors (Lipinski definition) is 5. The number of primary amides is 1. The van der Waals surface area contributed by atoms with Crippen LogP contribution in [-0.4, -0.2) is 44.7 Å². The zero-order valence-corrected chi connectivity index (χ0v) is 16.4. The molecule has 2 N–H and O–H groups in total. The minimum Gasteiger partial charge on any atom is -0.364 e. The summed E-state index contributed by atoms with van der Waals surface area (Å²) in [5.74, 6) is -0.465. The van der Waals surface area contributed by atoms with Crippen LogP contribution in [0, 0.1) is 6.92 Å². The molecule has 2 atom stereocenters. The number of thiazole rings is 1. The Hall–Kier alpha value is -2.25. The zero-order chi connectivity index (χ0) is 18.7. The smallest absolute Gasteiger partial charge is 0.269 e. The maximum absolute atomic E-state index is 12.0. The molecule has 27 heavy (non-hydrogen) atoms. The van der Waals surface area contributed by atoms with Gasteiger partial charge in [-0.2, -0.15) is 5.10 Å². The molecule has 2 unspecified atom stereocenters. The number of aryl methyl sites for hydroxylation is 1. The van der Waals surface area contributed by atoms with Crippen molar-refractivity contribution in [3.8, 4) is 10.6 Å². The van der Waals surface area contributed by atoms with Gasteiger partial charge in [0.2, 0.25) is 0 Å². The van der Waals surface area contributed by atoms with Gasteiger partial charge in [-0.3, -0.25) is 9.48 Å². The first-order valence-corrected chi connectivity index (χ1v) is 10.3. The van der Waals surface area contributed by atoms with Gasteiger partial charge in [-0.25, -0.2) is 4.98 Å². The van der Waals surface area contributed by atoms with E-state index < -0.39 is 5.91 Å². The normalized spacial score (nSPS) is 25.3. The molecule has 0 radical (unpaired) electrons. The van der Waals surface area contributed by atoms with Crippen molar-refractivity contribution in [3.63, 3.8) is 0 Å². The van der Waals surface area contributed by atoms with Gasteiger partial charge in [-0.05, 0) is 51.8 Å². The first-order chi connectivity index (χ1) is 13.0. The van der Waals surface area contributed by atoms with Gasteiger partial charge in [0.1, 0.15) is 5.01 Å². The lowest BCUT2D eigenvalue weighted by atomic mass is 9.98. The molecule has 1 amide bonds. The van der Waals surface area contributed by atoms with Crippen LogP contribution in [0.4, 0.5) is 0 Å². The van der Waals surface area contributed by atoms with E-state index in [0.717, 1.165) is 34.3 Å². The van der Waals surface area contributed by atoms with E-state index in [1.54, 1.807) is 11.3 Å². The molecule has 7 heteroatoms. The second-order valence-corrected chi connectivity index (χ2v) is 9.08. The molecular formula is C20H23N5OS. The van der Waals surface area contributed by atoms with Crippen molar-refractivity contribution in [3.05, 3.63) is 35.0 Å². The quantitative estimate of drug-likeness (QED) is 0.755. The molecule has 0 saturated carbocycles. The van der Waals surface area contributed by atoms with Crippen molar-refractivity contribution in [2.45, 2.75) is 50.7 Å². The number of aromatic nitrogens is 3. The topological polar surface area (TPSA) is 77.0 Å². The average molecular weight is 382 g/mol. The first kappa shape index (κ1) is 16.9. The van der Waals surface area contributed by atoms with Gasteiger partial charge in [0.25, 0.3) is 5.91 Å². The third kappa shape index (κ3) is 2.68. The number of carbonyl (C=O) groups excluding carboxylic acids is 1. The fraction of sp³-hybridized carbons (Fsp3) is 0.450. The first-order valence-electron chi connectivity index (χ1n) is 9.48. The molecule has 140 valence electrons. The molecule has 1 aromatic carbocycles. The van der Waals surface area contributed by atoms with Crippen LogP contribution in [0.1, 0.15) is 47.1 Å². The van der Waals surface area contributed by atoms with Gasteiger partial charge in [-0.15, -0.1) is 11.3 Å². The largest absolute Gasteiger partial charge is 0.364 e. The highest BCUT2D eigenvalue weighted by molar-refractivity contribution is 7.14. The van der Waals surface area contributed by atoms with Crippen LogP contribution in [0.25, 0.3) is 21.5 Å². The monoisotopic (exact) mass is 381 g/mol. The van der Waals surface area contributed by atoms with Crippen LogP contribution in [-0.2, 0) is 0 Å². The molecule has 3 aromatic rings. The molecular weight excluding hydrogens is 358 g/mol. The molecule has 2 aliphatic rings. The molecule has 5 rings (SSSR count). The third-order valence-corrected chi connectivity index (χ3v) is 7.19. The zero-order valence-electron chi connectivity index (χ0n) is 15.6. The summed E-state index contributed by atoms with van der Waals surface area (Å²) in [4.78, 5) is 20.2. The minimum atomic E-state index is -0.465. The van der Waals surface area contributed by atoms with Crippen LogP contribution in [0.15, 0.2) is 24.4 Å². The van der Waals surface area contributed by atoms with Gasteiger partial charge in [-0.1, -0.05) is 6.07 Å². The highest BCUT2D eigenvalue weighted by Crippen LogP contribution is 2.41. The van der Waals surface area contributed by atoms with Crippen LogP contribution in [0.2, 0.25) is 0 Å². The van der Waals surface area contributed by atoms with Crippen molar-refractivity contribution in [1.82, 2.24) is 19.7 Å². The molecule has 6 nitrogen and oxygen atoms in total. The summed E-state index contributed by atoms with van der Waals surface area (Å²) in [6.45, 7) is 2.06. The fourth-order valence-electron chi connectivity index (χ4n) is 4.80. The molecule has 4 heterocycles. The Labute approximate surface area is 162 Å². The lowest BCUT2D eigenvalue weighted by Crippen LogP contribution is -2.40. The molecule has 2 bridgehead atoms. The lowest BCUT2D eigenvalue weighted by Gasteiger charge is -2.36. The summed E-state index contributed by atoms with van der Waals surface area (Å²) in [6, 6.07) is 7.62. The second kappa shape index (κ2) is 6.14. The van der Waals surface area contributed by atoms with Gasteiger partial charge >= 0.3 is 0 Å². The standard InChI is InChI=1S/C20H23N5OS/c1-11-10-22-20(27-11)12-3-6-16-17(7-12)25(23-18(16)19(21)26)15-8-13-4-5-14(9-15)24(13)2/h3,6-7,10,13-15H,4-5,8-9H2,1-2H3,(H2,21,26). The van der Waals surface area contributed by atoms with Crippen molar-refractivity contribution >= 4 is 28.1 Å². The Morgan fingerprint density at radius 1 is 1.22 bits per heavy atom. The summed E-state index contributed by atoms with van der Waals surface area (Å²) in [5, 5.41) is 6.51. The summed E-state index contributed by atoms with van der Waals surface area (Å²) < 4.78 is 2.07. The van der Waals surface area contributed by atoms with E-state index in [0.29, 0.717) is 23.8 Å². The van der Waals surface area contributed by atoms with E-state index in [9.17, 15) is 4.79 Å². The summed E-state index contributed by atoms with van der Waals surface area (Å²) >= 11 is 1.68. The number of fused-ring (bicyclic) bond motifs is 3. The molecule has 2 saturated heterocycles. The lowest BCUT2D eigenvalue weighted by molar-refractivity contribution is 0.0993. The Morgan fingerprint density at radius 3 is 2.59 bits per heavy atom. The SMILES string of the molecule is Cc1cnc(-c2ccc3c(C(N)=O)nn(C4CC5CCC(C4)N5C)c3c2)s1. The van der Waals surface area contributed by atoms with Crippen LogP contribution in [0.5, 0.6) is 0 Å². The van der Waals surface area contributed by atoms with E-state index in [1.165, 1.54) is 17.7 Å². The summed E-state index contributed by atoms with van der Waals surface area (Å²) in [7, 11) is 2.23. The van der Waals surface area contributed by atoms with E-state index in [2.05, 4.69) is 39.7 Å². The number of rotatable bonds is 3. The highest BCUT2D eigenvalue weighted by Gasteiger charge is 2.40. The Morgan fingerprint density at radius 2 is 1.96 bits per heavy atom. The van der Waals surface area contributed by atoms with E-state index in [1.807, 2.05) is 18.3 Å². The summed E-state index contributed by atoms with van der Waals surface area (Å²) in [5.41, 5.74) is 8.06. The van der Waals surface area contributed by atoms with Crippen molar-refractivity contribution in [2.24, 2.45) is 5.73 Å². The molecule has 2 aliphatic heterocycles. The van der Waals surface area contributed by atoms with Gasteiger partial charge in [0, 0.05) is 34.1 Å². The van der Waals surface area contributed by atoms with Crippen LogP contribution < -0.4 is 5.73 Å². The highest BCUT2D eigenvalue weighted by atomic mass is 32.1. The van der Waals surface area contributed by atoms with Gasteiger partial charge < -0.3 is 10.6 Å². The van der Waals surface area contributed by atoms with Crippen molar-refractivity contribution in [1.29, 1.82) is 0 Å². The van der Waals surface area contributed by atoms with E-state index >= 15 is 0 Å². The van der Waals surface area contributed by atoms with Crippen LogP contribution >= 0.6 is 11.3 Å². The third-order valence-electron chi connectivity index (χ3n) is 6.23. The second-order valence-electron chi connectivity index (χ2n) is 7.84. The number of hydrogen-bond donors (Lipinski definition) is 1. The molecule has 0 spiro atoms. The summed E-state index contributed by atoms with van der Waals surface area (Å²) in [6.07, 6.45) is 6.54. The van der Waals surface area contributed by atoms with Gasteiger partial charge in [0.15, 0.2) is 5.69 Å². The number of nitrogens with two attached hydrogens (primary N) is 1. The molecule has 0 aliphatic carbocycles. The van der Waals surface area contributed by atoms with Gasteiger partial charge in [0.05, 0.1) is 11.6 Å². The Bertz CT molecular complexity index is 1020. The molecule has 2 fully saturated rings. The van der Waals surface area contributed by atoms with Crippen molar-refractivity contribution in [2.75, 3.05) is 7.05 Å². The number of carbonyl (C=O) groups is 1. The maximum atomic E-state index is 12.0. The number of piperidine rings is 1. The maximum Gasteiger partial charge on any atom is 0.269 e. The Balaban J connectivity index is 1.63. The predicted molar refractivity (Wildman–Crippen MR) is 107 cm³/mol. The van der Waals surface area contributed by atoms with Crippen molar-refractivity contribution < 1.29 is 4.79 Å². The average Bonchev–Trinajstić information content (AvgIpc) is 3.28. The predicted octanol–water partition coefficient (Wildman–Crippen LogP) is 3.36.